The van der Waals surface area contributed by atoms with E-state index in [2.05, 4.69) is 30.9 Å². The van der Waals surface area contributed by atoms with Crippen molar-refractivity contribution in [3.05, 3.63) is 17.3 Å². The molecular formula is C9H11Br2N5. The van der Waals surface area contributed by atoms with E-state index < -0.39 is 0 Å². The molecule has 0 aliphatic heterocycles. The van der Waals surface area contributed by atoms with E-state index in [1.807, 2.05) is 6.92 Å². The molecule has 0 bridgehead atoms. The molecule has 2 heterocycles. The molecule has 0 saturated heterocycles. The van der Waals surface area contributed by atoms with Crippen molar-refractivity contribution in [1.29, 1.82) is 0 Å². The molecule has 0 atom stereocenters. The van der Waals surface area contributed by atoms with E-state index in [1.54, 1.807) is 6.20 Å². The monoisotopic (exact) mass is 347 g/mol. The first kappa shape index (κ1) is 13.1. The van der Waals surface area contributed by atoms with Gasteiger partial charge in [-0.05, 0) is 18.1 Å². The van der Waals surface area contributed by atoms with Crippen molar-refractivity contribution in [2.45, 2.75) is 12.3 Å². The summed E-state index contributed by atoms with van der Waals surface area (Å²) in [5.74, 6) is 0.531. The standard InChI is InChI=1S/C9H10BrN5.BrH/c1-4-5(2-10)3-13-8-6(4)7(11)14-9(12)15-8;/h3H,2H2,1H3,(H4,11,12,13,14,15);1H. The van der Waals surface area contributed by atoms with Gasteiger partial charge in [-0.2, -0.15) is 9.97 Å². The Morgan fingerprint density at radius 2 is 2.00 bits per heavy atom. The van der Waals surface area contributed by atoms with Crippen LogP contribution in [0.25, 0.3) is 11.0 Å². The number of aromatic nitrogens is 3. The fourth-order valence-corrected chi connectivity index (χ4v) is 2.03. The number of alkyl halides is 1. The van der Waals surface area contributed by atoms with Gasteiger partial charge in [0.25, 0.3) is 0 Å². The van der Waals surface area contributed by atoms with E-state index in [-0.39, 0.29) is 22.9 Å². The number of halogens is 2. The third kappa shape index (κ3) is 2.10. The molecule has 0 fully saturated rings. The summed E-state index contributed by atoms with van der Waals surface area (Å²) < 4.78 is 0. The van der Waals surface area contributed by atoms with Gasteiger partial charge in [-0.3, -0.25) is 0 Å². The maximum Gasteiger partial charge on any atom is 0.224 e. The van der Waals surface area contributed by atoms with E-state index in [0.717, 1.165) is 21.8 Å². The van der Waals surface area contributed by atoms with Crippen LogP contribution in [0, 0.1) is 6.92 Å². The van der Waals surface area contributed by atoms with E-state index in [9.17, 15) is 0 Å². The van der Waals surface area contributed by atoms with Crippen LogP contribution in [0.5, 0.6) is 0 Å². The van der Waals surface area contributed by atoms with Gasteiger partial charge in [0.1, 0.15) is 5.82 Å². The second kappa shape index (κ2) is 4.92. The van der Waals surface area contributed by atoms with Gasteiger partial charge in [-0.15, -0.1) is 17.0 Å². The molecule has 2 aromatic heterocycles. The normalized spacial score (nSPS) is 10.1. The van der Waals surface area contributed by atoms with Gasteiger partial charge in [0.15, 0.2) is 5.65 Å². The highest BCUT2D eigenvalue weighted by Gasteiger charge is 2.10. The zero-order chi connectivity index (χ0) is 11.0. The number of nitrogens with zero attached hydrogens (tertiary/aromatic N) is 3. The summed E-state index contributed by atoms with van der Waals surface area (Å²) >= 11 is 3.39. The van der Waals surface area contributed by atoms with E-state index >= 15 is 0 Å². The van der Waals surface area contributed by atoms with Crippen LogP contribution < -0.4 is 11.5 Å². The first-order valence-corrected chi connectivity index (χ1v) is 5.48. The second-order valence-corrected chi connectivity index (χ2v) is 3.77. The molecule has 4 N–H and O–H groups in total. The zero-order valence-electron chi connectivity index (χ0n) is 8.57. The fourth-order valence-electron chi connectivity index (χ4n) is 1.47. The van der Waals surface area contributed by atoms with Crippen LogP contribution in [0.1, 0.15) is 11.1 Å². The topological polar surface area (TPSA) is 90.7 Å². The third-order valence-corrected chi connectivity index (χ3v) is 2.88. The highest BCUT2D eigenvalue weighted by atomic mass is 79.9. The number of aryl methyl sites for hydroxylation is 1. The molecule has 16 heavy (non-hydrogen) atoms. The summed E-state index contributed by atoms with van der Waals surface area (Å²) in [4.78, 5) is 12.2. The van der Waals surface area contributed by atoms with Gasteiger partial charge in [0, 0.05) is 11.5 Å². The zero-order valence-corrected chi connectivity index (χ0v) is 11.9. The molecule has 0 spiro atoms. The Hall–Kier alpha value is -0.950. The van der Waals surface area contributed by atoms with Gasteiger partial charge < -0.3 is 11.5 Å². The van der Waals surface area contributed by atoms with E-state index in [4.69, 9.17) is 11.5 Å². The van der Waals surface area contributed by atoms with Crippen LogP contribution in [-0.2, 0) is 5.33 Å². The van der Waals surface area contributed by atoms with Crippen molar-refractivity contribution in [1.82, 2.24) is 15.0 Å². The van der Waals surface area contributed by atoms with Crippen LogP contribution in [-0.4, -0.2) is 15.0 Å². The summed E-state index contributed by atoms with van der Waals surface area (Å²) in [6.07, 6.45) is 1.76. The maximum atomic E-state index is 5.80. The highest BCUT2D eigenvalue weighted by molar-refractivity contribution is 9.08. The van der Waals surface area contributed by atoms with Crippen molar-refractivity contribution < 1.29 is 0 Å². The third-order valence-electron chi connectivity index (χ3n) is 2.28. The Kier molecular flexibility index (Phi) is 4.03. The first-order valence-electron chi connectivity index (χ1n) is 4.36. The Balaban J connectivity index is 0.00000128. The summed E-state index contributed by atoms with van der Waals surface area (Å²) in [6, 6.07) is 0. The van der Waals surface area contributed by atoms with Crippen LogP contribution >= 0.6 is 32.9 Å². The molecule has 7 heteroatoms. The molecule has 5 nitrogen and oxygen atoms in total. The number of nitrogen functional groups attached to an aromatic ring is 2. The Morgan fingerprint density at radius 3 is 2.62 bits per heavy atom. The van der Waals surface area contributed by atoms with Gasteiger partial charge in [0.05, 0.1) is 5.39 Å². The molecule has 0 aliphatic carbocycles. The first-order chi connectivity index (χ1) is 7.13. The quantitative estimate of drug-likeness (QED) is 0.769. The second-order valence-electron chi connectivity index (χ2n) is 3.21. The van der Waals surface area contributed by atoms with Crippen molar-refractivity contribution >= 4 is 55.7 Å². The minimum atomic E-state index is 0. The average Bonchev–Trinajstić information content (AvgIpc) is 2.17. The Labute approximate surface area is 112 Å². The number of nitrogens with two attached hydrogens (primary N) is 2. The van der Waals surface area contributed by atoms with Crippen molar-refractivity contribution in [3.63, 3.8) is 0 Å². The molecule has 0 aromatic carbocycles. The lowest BCUT2D eigenvalue weighted by Crippen LogP contribution is -2.03. The molecule has 2 rings (SSSR count). The van der Waals surface area contributed by atoms with E-state index in [1.165, 1.54) is 0 Å². The molecule has 0 radical (unpaired) electrons. The van der Waals surface area contributed by atoms with Crippen LogP contribution in [0.2, 0.25) is 0 Å². The summed E-state index contributed by atoms with van der Waals surface area (Å²) in [7, 11) is 0. The van der Waals surface area contributed by atoms with Crippen molar-refractivity contribution in [2.24, 2.45) is 0 Å². The van der Waals surface area contributed by atoms with Crippen LogP contribution in [0.4, 0.5) is 11.8 Å². The summed E-state index contributed by atoms with van der Waals surface area (Å²) in [6.45, 7) is 1.97. The van der Waals surface area contributed by atoms with Gasteiger partial charge >= 0.3 is 0 Å². The number of anilines is 2. The largest absolute Gasteiger partial charge is 0.383 e. The summed E-state index contributed by atoms with van der Waals surface area (Å²) in [5, 5.41) is 1.51. The fraction of sp³-hybridized carbons (Fsp3) is 0.222. The average molecular weight is 349 g/mol. The van der Waals surface area contributed by atoms with Gasteiger partial charge in [0.2, 0.25) is 5.95 Å². The molecule has 2 aromatic rings. The van der Waals surface area contributed by atoms with Gasteiger partial charge in [-0.25, -0.2) is 4.98 Å². The van der Waals surface area contributed by atoms with Gasteiger partial charge in [-0.1, -0.05) is 15.9 Å². The van der Waals surface area contributed by atoms with Crippen LogP contribution in [0.15, 0.2) is 6.20 Å². The SMILES string of the molecule is Br.Cc1c(CBr)cnc2nc(N)nc(N)c12. The van der Waals surface area contributed by atoms with Crippen LogP contribution in [0.3, 0.4) is 0 Å². The predicted molar refractivity (Wildman–Crippen MR) is 73.8 cm³/mol. The Bertz CT molecular complexity index is 529. The predicted octanol–water partition coefficient (Wildman–Crippen LogP) is 1.97. The molecule has 0 unspecified atom stereocenters. The number of hydrogen-bond acceptors (Lipinski definition) is 5. The number of rotatable bonds is 1. The lowest BCUT2D eigenvalue weighted by Gasteiger charge is -2.07. The molecule has 0 aliphatic rings. The Morgan fingerprint density at radius 1 is 1.31 bits per heavy atom. The summed E-state index contributed by atoms with van der Waals surface area (Å²) in [5.41, 5.74) is 13.9. The molecular weight excluding hydrogens is 338 g/mol. The number of pyridine rings is 1. The lowest BCUT2D eigenvalue weighted by atomic mass is 10.1. The minimum absolute atomic E-state index is 0. The smallest absolute Gasteiger partial charge is 0.224 e. The number of hydrogen-bond donors (Lipinski definition) is 2. The van der Waals surface area contributed by atoms with Crippen molar-refractivity contribution in [2.75, 3.05) is 11.5 Å². The molecule has 0 saturated carbocycles. The highest BCUT2D eigenvalue weighted by Crippen LogP contribution is 2.24. The molecule has 86 valence electrons. The van der Waals surface area contributed by atoms with Crippen molar-refractivity contribution in [3.8, 4) is 0 Å². The number of fused-ring (bicyclic) bond motifs is 1. The lowest BCUT2D eigenvalue weighted by molar-refractivity contribution is 1.17. The molecule has 0 amide bonds. The minimum Gasteiger partial charge on any atom is -0.383 e. The van der Waals surface area contributed by atoms with E-state index in [0.29, 0.717) is 11.5 Å². The maximum absolute atomic E-state index is 5.80.